The summed E-state index contributed by atoms with van der Waals surface area (Å²) in [5.74, 6) is -0.740. The Hall–Kier alpha value is -2.05. The van der Waals surface area contributed by atoms with Crippen LogP contribution in [0.15, 0.2) is 0 Å². The summed E-state index contributed by atoms with van der Waals surface area (Å²) < 4.78 is 0. The third-order valence-corrected chi connectivity index (χ3v) is 2.10. The highest BCUT2D eigenvalue weighted by atomic mass is 16.2. The Balaban J connectivity index is 2.41. The molecule has 0 atom stereocenters. The van der Waals surface area contributed by atoms with Crippen LogP contribution < -0.4 is 16.8 Å². The number of aryl methyl sites for hydroxylation is 1. The highest BCUT2D eigenvalue weighted by molar-refractivity contribution is 5.97. The average molecular weight is 225 g/mol. The molecule has 0 aromatic carbocycles. The Kier molecular flexibility index (Phi) is 3.87. The second kappa shape index (κ2) is 5.15. The Labute approximate surface area is 92.6 Å². The number of aromatic nitrogens is 2. The third-order valence-electron chi connectivity index (χ3n) is 2.10. The molecule has 0 saturated carbocycles. The molecule has 0 aliphatic rings. The summed E-state index contributed by atoms with van der Waals surface area (Å²) in [6, 6.07) is 0. The zero-order valence-corrected chi connectivity index (χ0v) is 9.04. The minimum Gasteiger partial charge on any atom is -0.395 e. The van der Waals surface area contributed by atoms with Crippen LogP contribution in [0.1, 0.15) is 29.0 Å². The van der Waals surface area contributed by atoms with Gasteiger partial charge in [0.05, 0.1) is 11.4 Å². The molecule has 16 heavy (non-hydrogen) atoms. The van der Waals surface area contributed by atoms with Crippen LogP contribution >= 0.6 is 0 Å². The minimum atomic E-state index is -0.385. The first-order chi connectivity index (χ1) is 7.52. The van der Waals surface area contributed by atoms with Crippen molar-refractivity contribution < 1.29 is 9.59 Å². The number of H-pyrrole nitrogens is 1. The summed E-state index contributed by atoms with van der Waals surface area (Å²) in [6.45, 7) is 2.10. The normalized spacial score (nSPS) is 10.1. The number of carbonyl (C=O) groups is 2. The molecule has 0 aliphatic carbocycles. The maximum absolute atomic E-state index is 11.5. The lowest BCUT2D eigenvalue weighted by Gasteiger charge is -2.02. The highest BCUT2D eigenvalue weighted by Crippen LogP contribution is 2.11. The first-order valence-electron chi connectivity index (χ1n) is 4.89. The van der Waals surface area contributed by atoms with Gasteiger partial charge in [0.1, 0.15) is 0 Å². The molecule has 0 radical (unpaired) electrons. The van der Waals surface area contributed by atoms with Crippen LogP contribution in [-0.4, -0.2) is 28.6 Å². The smallest absolute Gasteiger partial charge is 0.273 e. The molecule has 6 N–H and O–H groups in total. The van der Waals surface area contributed by atoms with Crippen molar-refractivity contribution in [3.63, 3.8) is 0 Å². The lowest BCUT2D eigenvalue weighted by molar-refractivity contribution is -0.118. The van der Waals surface area contributed by atoms with Crippen LogP contribution in [0, 0.1) is 6.92 Å². The van der Waals surface area contributed by atoms with Gasteiger partial charge in [-0.15, -0.1) is 0 Å². The van der Waals surface area contributed by atoms with Crippen molar-refractivity contribution in [2.45, 2.75) is 19.8 Å². The van der Waals surface area contributed by atoms with Crippen molar-refractivity contribution in [1.82, 2.24) is 15.5 Å². The van der Waals surface area contributed by atoms with Crippen molar-refractivity contribution >= 4 is 17.5 Å². The fourth-order valence-corrected chi connectivity index (χ4v) is 1.16. The van der Waals surface area contributed by atoms with E-state index in [1.807, 2.05) is 0 Å². The Bertz CT molecular complexity index is 399. The van der Waals surface area contributed by atoms with Gasteiger partial charge in [0.25, 0.3) is 5.91 Å². The van der Waals surface area contributed by atoms with Crippen molar-refractivity contribution in [1.29, 1.82) is 0 Å². The third kappa shape index (κ3) is 2.97. The van der Waals surface area contributed by atoms with Gasteiger partial charge in [0.15, 0.2) is 5.69 Å². The molecule has 0 unspecified atom stereocenters. The fraction of sp³-hybridized carbons (Fsp3) is 0.444. The predicted octanol–water partition coefficient (Wildman–Crippen LogP) is -0.704. The Morgan fingerprint density at radius 3 is 2.69 bits per heavy atom. The van der Waals surface area contributed by atoms with Gasteiger partial charge in [-0.25, -0.2) is 0 Å². The molecule has 7 nitrogen and oxygen atoms in total. The van der Waals surface area contributed by atoms with Crippen molar-refractivity contribution in [3.8, 4) is 0 Å². The van der Waals surface area contributed by atoms with Gasteiger partial charge in [-0.2, -0.15) is 5.10 Å². The van der Waals surface area contributed by atoms with Gasteiger partial charge in [-0.3, -0.25) is 14.7 Å². The van der Waals surface area contributed by atoms with E-state index in [1.165, 1.54) is 0 Å². The second-order valence-corrected chi connectivity index (χ2v) is 3.44. The molecule has 1 aromatic heterocycles. The van der Waals surface area contributed by atoms with Gasteiger partial charge < -0.3 is 16.8 Å². The van der Waals surface area contributed by atoms with E-state index in [0.29, 0.717) is 24.3 Å². The van der Waals surface area contributed by atoms with E-state index >= 15 is 0 Å². The van der Waals surface area contributed by atoms with E-state index in [1.54, 1.807) is 6.92 Å². The molecule has 1 rings (SSSR count). The van der Waals surface area contributed by atoms with Crippen LogP contribution in [-0.2, 0) is 4.79 Å². The number of hydrogen-bond donors (Lipinski definition) is 4. The topological polar surface area (TPSA) is 127 Å². The zero-order valence-electron chi connectivity index (χ0n) is 9.04. The van der Waals surface area contributed by atoms with Crippen molar-refractivity contribution in [3.05, 3.63) is 11.4 Å². The molecule has 1 heterocycles. The SMILES string of the molecule is Cc1[nH]nc(C(=O)NCCCC(N)=O)c1N. The second-order valence-electron chi connectivity index (χ2n) is 3.44. The number of primary amides is 1. The fourth-order valence-electron chi connectivity index (χ4n) is 1.16. The van der Waals surface area contributed by atoms with E-state index < -0.39 is 0 Å². The molecular formula is C9H15N5O2. The minimum absolute atomic E-state index is 0.177. The van der Waals surface area contributed by atoms with Gasteiger partial charge in [0, 0.05) is 13.0 Å². The lowest BCUT2D eigenvalue weighted by Crippen LogP contribution is -2.26. The molecule has 0 saturated heterocycles. The maximum Gasteiger partial charge on any atom is 0.273 e. The predicted molar refractivity (Wildman–Crippen MR) is 58.5 cm³/mol. The molecule has 1 aromatic rings. The molecule has 0 spiro atoms. The summed E-state index contributed by atoms with van der Waals surface area (Å²) in [7, 11) is 0. The first-order valence-corrected chi connectivity index (χ1v) is 4.89. The van der Waals surface area contributed by atoms with Crippen LogP contribution in [0.3, 0.4) is 0 Å². The molecule has 88 valence electrons. The molecule has 0 fully saturated rings. The lowest BCUT2D eigenvalue weighted by atomic mass is 10.2. The number of anilines is 1. The standard InChI is InChI=1S/C9H15N5O2/c1-5-7(11)8(14-13-5)9(16)12-4-2-3-6(10)15/h2-4,11H2,1H3,(H2,10,15)(H,12,16)(H,13,14). The van der Waals surface area contributed by atoms with Gasteiger partial charge in [-0.1, -0.05) is 0 Å². The van der Waals surface area contributed by atoms with Crippen molar-refractivity contribution in [2.75, 3.05) is 12.3 Å². The number of amides is 2. The van der Waals surface area contributed by atoms with Gasteiger partial charge >= 0.3 is 0 Å². The van der Waals surface area contributed by atoms with Crippen LogP contribution in [0.2, 0.25) is 0 Å². The van der Waals surface area contributed by atoms with Gasteiger partial charge in [-0.05, 0) is 13.3 Å². The van der Waals surface area contributed by atoms with Crippen LogP contribution in [0.25, 0.3) is 0 Å². The molecule has 0 bridgehead atoms. The van der Waals surface area contributed by atoms with E-state index in [4.69, 9.17) is 11.5 Å². The summed E-state index contributed by atoms with van der Waals surface area (Å²) in [5.41, 5.74) is 11.8. The number of aromatic amines is 1. The van der Waals surface area contributed by atoms with E-state index in [0.717, 1.165) is 0 Å². The number of nitrogens with zero attached hydrogens (tertiary/aromatic N) is 1. The van der Waals surface area contributed by atoms with E-state index in [9.17, 15) is 9.59 Å². The highest BCUT2D eigenvalue weighted by Gasteiger charge is 2.14. The van der Waals surface area contributed by atoms with Crippen molar-refractivity contribution in [2.24, 2.45) is 5.73 Å². The molecule has 0 aliphatic heterocycles. The molecule has 2 amide bonds. The number of hydrogen-bond acceptors (Lipinski definition) is 4. The summed E-state index contributed by atoms with van der Waals surface area (Å²) in [6.07, 6.45) is 0.750. The summed E-state index contributed by atoms with van der Waals surface area (Å²) >= 11 is 0. The van der Waals surface area contributed by atoms with Gasteiger partial charge in [0.2, 0.25) is 5.91 Å². The summed E-state index contributed by atoms with van der Waals surface area (Å²) in [5, 5.41) is 8.99. The Morgan fingerprint density at radius 1 is 1.50 bits per heavy atom. The maximum atomic E-state index is 11.5. The Morgan fingerprint density at radius 2 is 2.19 bits per heavy atom. The number of nitrogens with one attached hydrogen (secondary N) is 2. The molecule has 7 heteroatoms. The van der Waals surface area contributed by atoms with E-state index in [-0.39, 0.29) is 23.9 Å². The average Bonchev–Trinajstić information content (AvgIpc) is 2.54. The summed E-state index contributed by atoms with van der Waals surface area (Å²) in [4.78, 5) is 22.0. The number of carbonyl (C=O) groups excluding carboxylic acids is 2. The monoisotopic (exact) mass is 225 g/mol. The number of rotatable bonds is 5. The van der Waals surface area contributed by atoms with Crippen LogP contribution in [0.5, 0.6) is 0 Å². The largest absolute Gasteiger partial charge is 0.395 e. The number of nitrogen functional groups attached to an aromatic ring is 1. The number of nitrogens with two attached hydrogens (primary N) is 2. The first kappa shape index (κ1) is 12.0. The molecular weight excluding hydrogens is 210 g/mol. The van der Waals surface area contributed by atoms with Crippen LogP contribution in [0.4, 0.5) is 5.69 Å². The quantitative estimate of drug-likeness (QED) is 0.494. The van der Waals surface area contributed by atoms with E-state index in [2.05, 4.69) is 15.5 Å². The zero-order chi connectivity index (χ0) is 12.1.